The maximum Gasteiger partial charge on any atom is 0.263 e. The van der Waals surface area contributed by atoms with Crippen LogP contribution in [-0.2, 0) is 11.2 Å². The van der Waals surface area contributed by atoms with E-state index in [4.69, 9.17) is 4.74 Å². The predicted molar refractivity (Wildman–Crippen MR) is 82.6 cm³/mol. The Bertz CT molecular complexity index is 605. The Morgan fingerprint density at radius 2 is 2.19 bits per heavy atom. The Hall–Kier alpha value is -2.30. The van der Waals surface area contributed by atoms with Gasteiger partial charge in [0.25, 0.3) is 5.91 Å². The second-order valence-electron chi connectivity index (χ2n) is 5.20. The van der Waals surface area contributed by atoms with Gasteiger partial charge in [0.2, 0.25) is 0 Å². The van der Waals surface area contributed by atoms with Gasteiger partial charge in [0, 0.05) is 11.8 Å². The van der Waals surface area contributed by atoms with Crippen molar-refractivity contribution in [1.82, 2.24) is 10.2 Å². The molecule has 0 atom stereocenters. The second kappa shape index (κ2) is 6.92. The highest BCUT2D eigenvalue weighted by molar-refractivity contribution is 5.90. The van der Waals surface area contributed by atoms with Crippen LogP contribution in [0.3, 0.4) is 0 Å². The predicted octanol–water partition coefficient (Wildman–Crippen LogP) is 3.11. The number of rotatable bonds is 6. The lowest BCUT2D eigenvalue weighted by molar-refractivity contribution is -0.118. The van der Waals surface area contributed by atoms with E-state index in [1.807, 2.05) is 30.3 Å². The number of carbonyl (C=O) groups is 1. The van der Waals surface area contributed by atoms with Gasteiger partial charge in [0.1, 0.15) is 5.75 Å². The molecular formula is C16H21N3O2. The van der Waals surface area contributed by atoms with E-state index in [1.165, 1.54) is 5.56 Å². The molecular weight excluding hydrogens is 266 g/mol. The van der Waals surface area contributed by atoms with Gasteiger partial charge in [-0.3, -0.25) is 9.89 Å². The van der Waals surface area contributed by atoms with Crippen molar-refractivity contribution in [3.63, 3.8) is 0 Å². The first-order valence-electron chi connectivity index (χ1n) is 7.15. The lowest BCUT2D eigenvalue weighted by Gasteiger charge is -2.07. The quantitative estimate of drug-likeness (QED) is 0.857. The van der Waals surface area contributed by atoms with E-state index in [1.54, 1.807) is 0 Å². The summed E-state index contributed by atoms with van der Waals surface area (Å²) in [6.07, 6.45) is 0.939. The molecule has 2 rings (SSSR count). The van der Waals surface area contributed by atoms with Crippen molar-refractivity contribution in [2.24, 2.45) is 0 Å². The number of H-pyrrole nitrogens is 1. The third kappa shape index (κ3) is 4.34. The average Bonchev–Trinajstić information content (AvgIpc) is 2.94. The van der Waals surface area contributed by atoms with Crippen LogP contribution in [0.5, 0.6) is 5.75 Å². The number of aromatic nitrogens is 2. The first kappa shape index (κ1) is 15.1. The molecule has 0 unspecified atom stereocenters. The molecule has 5 heteroatoms. The van der Waals surface area contributed by atoms with Crippen LogP contribution in [-0.4, -0.2) is 22.7 Å². The number of hydrogen-bond donors (Lipinski definition) is 2. The fourth-order valence-electron chi connectivity index (χ4n) is 1.88. The molecule has 0 saturated heterocycles. The van der Waals surface area contributed by atoms with Gasteiger partial charge < -0.3 is 10.1 Å². The van der Waals surface area contributed by atoms with Gasteiger partial charge in [-0.25, -0.2) is 0 Å². The Kier molecular flexibility index (Phi) is 4.98. The van der Waals surface area contributed by atoms with Crippen molar-refractivity contribution in [2.75, 3.05) is 11.9 Å². The molecule has 0 aliphatic heterocycles. The Balaban J connectivity index is 1.86. The van der Waals surface area contributed by atoms with E-state index in [0.29, 0.717) is 17.5 Å². The van der Waals surface area contributed by atoms with Crippen LogP contribution in [0.1, 0.15) is 37.9 Å². The van der Waals surface area contributed by atoms with E-state index in [-0.39, 0.29) is 12.5 Å². The van der Waals surface area contributed by atoms with Gasteiger partial charge in [-0.2, -0.15) is 5.10 Å². The number of carbonyl (C=O) groups excluding carboxylic acids is 1. The largest absolute Gasteiger partial charge is 0.484 e. The first-order valence-corrected chi connectivity index (χ1v) is 7.15. The minimum absolute atomic E-state index is 0.0307. The summed E-state index contributed by atoms with van der Waals surface area (Å²) >= 11 is 0. The Morgan fingerprint density at radius 1 is 1.38 bits per heavy atom. The molecule has 0 bridgehead atoms. The molecule has 1 heterocycles. The summed E-state index contributed by atoms with van der Waals surface area (Å²) in [7, 11) is 0. The number of benzene rings is 1. The van der Waals surface area contributed by atoms with Crippen LogP contribution in [0.15, 0.2) is 30.3 Å². The van der Waals surface area contributed by atoms with Crippen LogP contribution in [0.25, 0.3) is 0 Å². The SMILES string of the molecule is CCc1cccc(OCC(=O)Nc2cc(C(C)C)[nH]n2)c1. The molecule has 0 radical (unpaired) electrons. The van der Waals surface area contributed by atoms with Crippen LogP contribution < -0.4 is 10.1 Å². The summed E-state index contributed by atoms with van der Waals surface area (Å²) < 4.78 is 5.49. The van der Waals surface area contributed by atoms with E-state index in [2.05, 4.69) is 36.3 Å². The van der Waals surface area contributed by atoms with Crippen molar-refractivity contribution in [1.29, 1.82) is 0 Å². The van der Waals surface area contributed by atoms with E-state index >= 15 is 0 Å². The Labute approximate surface area is 124 Å². The number of ether oxygens (including phenoxy) is 1. The van der Waals surface area contributed by atoms with Crippen molar-refractivity contribution in [3.05, 3.63) is 41.6 Å². The lowest BCUT2D eigenvalue weighted by atomic mass is 10.1. The molecule has 21 heavy (non-hydrogen) atoms. The van der Waals surface area contributed by atoms with Gasteiger partial charge >= 0.3 is 0 Å². The molecule has 2 N–H and O–H groups in total. The van der Waals surface area contributed by atoms with Gasteiger partial charge in [-0.05, 0) is 30.0 Å². The van der Waals surface area contributed by atoms with E-state index in [0.717, 1.165) is 12.1 Å². The van der Waals surface area contributed by atoms with Gasteiger partial charge in [-0.15, -0.1) is 0 Å². The summed E-state index contributed by atoms with van der Waals surface area (Å²) in [6, 6.07) is 9.58. The fraction of sp³-hybridized carbons (Fsp3) is 0.375. The maximum absolute atomic E-state index is 11.8. The lowest BCUT2D eigenvalue weighted by Crippen LogP contribution is -2.20. The van der Waals surface area contributed by atoms with Crippen LogP contribution >= 0.6 is 0 Å². The molecule has 2 aromatic rings. The molecule has 5 nitrogen and oxygen atoms in total. The smallest absolute Gasteiger partial charge is 0.263 e. The molecule has 112 valence electrons. The summed E-state index contributed by atoms with van der Waals surface area (Å²) in [6.45, 7) is 6.17. The minimum Gasteiger partial charge on any atom is -0.484 e. The number of nitrogens with zero attached hydrogens (tertiary/aromatic N) is 1. The first-order chi connectivity index (χ1) is 10.1. The van der Waals surface area contributed by atoms with Crippen LogP contribution in [0.2, 0.25) is 0 Å². The maximum atomic E-state index is 11.8. The van der Waals surface area contributed by atoms with Crippen LogP contribution in [0.4, 0.5) is 5.82 Å². The van der Waals surface area contributed by atoms with Crippen molar-refractivity contribution in [3.8, 4) is 5.75 Å². The zero-order valence-electron chi connectivity index (χ0n) is 12.6. The molecule has 0 aliphatic rings. The third-order valence-corrected chi connectivity index (χ3v) is 3.16. The van der Waals surface area contributed by atoms with Gasteiger partial charge in [-0.1, -0.05) is 32.9 Å². The molecule has 0 aliphatic carbocycles. The summed E-state index contributed by atoms with van der Waals surface area (Å²) in [4.78, 5) is 11.8. The molecule has 0 saturated carbocycles. The topological polar surface area (TPSA) is 67.0 Å². The fourth-order valence-corrected chi connectivity index (χ4v) is 1.88. The van der Waals surface area contributed by atoms with Crippen molar-refractivity contribution < 1.29 is 9.53 Å². The molecule has 1 aromatic heterocycles. The zero-order valence-corrected chi connectivity index (χ0v) is 12.6. The van der Waals surface area contributed by atoms with Crippen molar-refractivity contribution in [2.45, 2.75) is 33.1 Å². The zero-order chi connectivity index (χ0) is 15.2. The number of nitrogens with one attached hydrogen (secondary N) is 2. The number of hydrogen-bond acceptors (Lipinski definition) is 3. The summed E-state index contributed by atoms with van der Waals surface area (Å²) in [5, 5.41) is 9.65. The van der Waals surface area contributed by atoms with E-state index in [9.17, 15) is 4.79 Å². The number of amides is 1. The minimum atomic E-state index is -0.223. The highest BCUT2D eigenvalue weighted by Gasteiger charge is 2.08. The standard InChI is InChI=1S/C16H21N3O2/c1-4-12-6-5-7-13(8-12)21-10-16(20)17-15-9-14(11(2)3)18-19-15/h5-9,11H,4,10H2,1-3H3,(H2,17,18,19,20). The number of aryl methyl sites for hydroxylation is 1. The van der Waals surface area contributed by atoms with Gasteiger partial charge in [0.05, 0.1) is 0 Å². The highest BCUT2D eigenvalue weighted by atomic mass is 16.5. The van der Waals surface area contributed by atoms with Crippen molar-refractivity contribution >= 4 is 11.7 Å². The number of aromatic amines is 1. The second-order valence-corrected chi connectivity index (χ2v) is 5.20. The third-order valence-electron chi connectivity index (χ3n) is 3.16. The monoisotopic (exact) mass is 287 g/mol. The van der Waals surface area contributed by atoms with Gasteiger partial charge in [0.15, 0.2) is 12.4 Å². The molecule has 1 amide bonds. The highest BCUT2D eigenvalue weighted by Crippen LogP contribution is 2.15. The normalized spacial score (nSPS) is 10.7. The number of anilines is 1. The summed E-state index contributed by atoms with van der Waals surface area (Å²) in [5.41, 5.74) is 2.17. The molecule has 0 fully saturated rings. The molecule has 1 aromatic carbocycles. The van der Waals surface area contributed by atoms with E-state index < -0.39 is 0 Å². The summed E-state index contributed by atoms with van der Waals surface area (Å²) in [5.74, 6) is 1.35. The Morgan fingerprint density at radius 3 is 2.86 bits per heavy atom. The molecule has 0 spiro atoms. The average molecular weight is 287 g/mol. The van der Waals surface area contributed by atoms with Crippen LogP contribution in [0, 0.1) is 0 Å².